The van der Waals surface area contributed by atoms with Gasteiger partial charge < -0.3 is 10.1 Å². The van der Waals surface area contributed by atoms with Crippen molar-refractivity contribution >= 4 is 22.2 Å². The van der Waals surface area contributed by atoms with Crippen LogP contribution in [0.1, 0.15) is 39.9 Å². The molecule has 1 amide bonds. The standard InChI is InChI=1S/C15H15N5O2S/c1-22-11-6-4-10(5-7-11)14(21)16-8-12-19-20-13(9-2-3-9)17-18-15(20)23-12/h4-7,9H,2-3,8H2,1H3,(H,16,21). The first kappa shape index (κ1) is 14.1. The molecule has 0 radical (unpaired) electrons. The molecule has 2 heterocycles. The fourth-order valence-corrected chi connectivity index (χ4v) is 3.12. The molecule has 0 unspecified atom stereocenters. The first-order valence-electron chi connectivity index (χ1n) is 7.38. The van der Waals surface area contributed by atoms with Crippen LogP contribution in [0.25, 0.3) is 4.96 Å². The van der Waals surface area contributed by atoms with E-state index in [1.165, 1.54) is 11.3 Å². The van der Waals surface area contributed by atoms with Gasteiger partial charge in [0.2, 0.25) is 4.96 Å². The number of rotatable bonds is 5. The molecule has 0 spiro atoms. The van der Waals surface area contributed by atoms with Gasteiger partial charge in [0.15, 0.2) is 5.82 Å². The second-order valence-electron chi connectivity index (χ2n) is 5.43. The number of carbonyl (C=O) groups excluding carboxylic acids is 1. The molecule has 1 saturated carbocycles. The molecule has 1 aliphatic rings. The van der Waals surface area contributed by atoms with Gasteiger partial charge >= 0.3 is 0 Å². The summed E-state index contributed by atoms with van der Waals surface area (Å²) in [5, 5.41) is 16.5. The Hall–Kier alpha value is -2.48. The van der Waals surface area contributed by atoms with Crippen molar-refractivity contribution in [3.63, 3.8) is 0 Å². The number of aromatic nitrogens is 4. The number of carbonyl (C=O) groups is 1. The fraction of sp³-hybridized carbons (Fsp3) is 0.333. The molecule has 23 heavy (non-hydrogen) atoms. The highest BCUT2D eigenvalue weighted by molar-refractivity contribution is 7.16. The Morgan fingerprint density at radius 2 is 2.13 bits per heavy atom. The van der Waals surface area contributed by atoms with Gasteiger partial charge in [-0.2, -0.15) is 9.61 Å². The minimum atomic E-state index is -0.138. The fourth-order valence-electron chi connectivity index (χ4n) is 2.34. The van der Waals surface area contributed by atoms with Crippen LogP contribution in [0.4, 0.5) is 0 Å². The maximum Gasteiger partial charge on any atom is 0.251 e. The first-order chi connectivity index (χ1) is 11.2. The van der Waals surface area contributed by atoms with Gasteiger partial charge in [-0.3, -0.25) is 4.79 Å². The third-order valence-electron chi connectivity index (χ3n) is 3.75. The summed E-state index contributed by atoms with van der Waals surface area (Å²) in [4.78, 5) is 12.9. The number of amides is 1. The average molecular weight is 329 g/mol. The van der Waals surface area contributed by atoms with Gasteiger partial charge in [-0.25, -0.2) is 0 Å². The Kier molecular flexibility index (Phi) is 3.45. The number of ether oxygens (including phenoxy) is 1. The molecule has 3 aromatic rings. The maximum atomic E-state index is 12.1. The van der Waals surface area contributed by atoms with Crippen molar-refractivity contribution in [3.8, 4) is 5.75 Å². The Labute approximate surface area is 136 Å². The molecule has 0 aliphatic heterocycles. The molecule has 1 aromatic carbocycles. The normalized spacial score (nSPS) is 14.1. The van der Waals surface area contributed by atoms with Gasteiger partial charge in [-0.15, -0.1) is 10.2 Å². The summed E-state index contributed by atoms with van der Waals surface area (Å²) in [5.74, 6) is 2.02. The second kappa shape index (κ2) is 5.62. The summed E-state index contributed by atoms with van der Waals surface area (Å²) in [7, 11) is 1.60. The quantitative estimate of drug-likeness (QED) is 0.774. The van der Waals surface area contributed by atoms with E-state index < -0.39 is 0 Å². The molecule has 8 heteroatoms. The first-order valence-corrected chi connectivity index (χ1v) is 8.19. The highest BCUT2D eigenvalue weighted by atomic mass is 32.1. The predicted molar refractivity (Wildman–Crippen MR) is 84.8 cm³/mol. The molecule has 0 atom stereocenters. The zero-order chi connectivity index (χ0) is 15.8. The zero-order valence-electron chi connectivity index (χ0n) is 12.5. The maximum absolute atomic E-state index is 12.1. The van der Waals surface area contributed by atoms with Crippen molar-refractivity contribution in [3.05, 3.63) is 40.7 Å². The van der Waals surface area contributed by atoms with Crippen LogP contribution in [0, 0.1) is 0 Å². The molecule has 118 valence electrons. The minimum absolute atomic E-state index is 0.138. The highest BCUT2D eigenvalue weighted by Gasteiger charge is 2.30. The van der Waals surface area contributed by atoms with Crippen molar-refractivity contribution in [2.24, 2.45) is 0 Å². The lowest BCUT2D eigenvalue weighted by atomic mass is 10.2. The number of hydrogen-bond donors (Lipinski definition) is 1. The highest BCUT2D eigenvalue weighted by Crippen LogP contribution is 2.39. The average Bonchev–Trinajstić information content (AvgIpc) is 3.22. The van der Waals surface area contributed by atoms with E-state index in [1.54, 1.807) is 35.9 Å². The lowest BCUT2D eigenvalue weighted by molar-refractivity contribution is 0.0950. The van der Waals surface area contributed by atoms with Gasteiger partial charge in [-0.1, -0.05) is 11.3 Å². The van der Waals surface area contributed by atoms with Gasteiger partial charge in [0.05, 0.1) is 13.7 Å². The van der Waals surface area contributed by atoms with Crippen molar-refractivity contribution in [2.45, 2.75) is 25.3 Å². The molecule has 1 aliphatic carbocycles. The van der Waals surface area contributed by atoms with Gasteiger partial charge in [0, 0.05) is 11.5 Å². The van der Waals surface area contributed by atoms with Crippen molar-refractivity contribution < 1.29 is 9.53 Å². The number of methoxy groups -OCH3 is 1. The second-order valence-corrected chi connectivity index (χ2v) is 6.47. The number of fused-ring (bicyclic) bond motifs is 1. The van der Waals surface area contributed by atoms with E-state index in [-0.39, 0.29) is 5.91 Å². The number of benzene rings is 1. The molecule has 4 rings (SSSR count). The third-order valence-corrected chi connectivity index (χ3v) is 4.65. The smallest absolute Gasteiger partial charge is 0.251 e. The Morgan fingerprint density at radius 1 is 1.35 bits per heavy atom. The molecular weight excluding hydrogens is 314 g/mol. The largest absolute Gasteiger partial charge is 0.497 e. The molecule has 1 fully saturated rings. The van der Waals surface area contributed by atoms with Crippen LogP contribution < -0.4 is 10.1 Å². The van der Waals surface area contributed by atoms with E-state index in [9.17, 15) is 4.79 Å². The molecular formula is C15H15N5O2S. The zero-order valence-corrected chi connectivity index (χ0v) is 13.3. The summed E-state index contributed by atoms with van der Waals surface area (Å²) in [6.45, 7) is 0.378. The lowest BCUT2D eigenvalue weighted by Crippen LogP contribution is -2.22. The van der Waals surface area contributed by atoms with Crippen LogP contribution in [0.5, 0.6) is 5.75 Å². The van der Waals surface area contributed by atoms with E-state index in [0.29, 0.717) is 18.0 Å². The monoisotopic (exact) mass is 329 g/mol. The van der Waals surface area contributed by atoms with Crippen LogP contribution in [0.15, 0.2) is 24.3 Å². The summed E-state index contributed by atoms with van der Waals surface area (Å²) in [6, 6.07) is 7.00. The predicted octanol–water partition coefficient (Wildman–Crippen LogP) is 2.00. The summed E-state index contributed by atoms with van der Waals surface area (Å²) in [5.41, 5.74) is 0.590. The third kappa shape index (κ3) is 2.77. The SMILES string of the molecule is COc1ccc(C(=O)NCc2nn3c(C4CC4)nnc3s2)cc1. The van der Waals surface area contributed by atoms with Crippen molar-refractivity contribution in [2.75, 3.05) is 7.11 Å². The van der Waals surface area contributed by atoms with E-state index >= 15 is 0 Å². The van der Waals surface area contributed by atoms with Gasteiger partial charge in [-0.05, 0) is 37.1 Å². The molecule has 2 aromatic heterocycles. The molecule has 0 bridgehead atoms. The topological polar surface area (TPSA) is 81.4 Å². The van der Waals surface area contributed by atoms with Crippen LogP contribution in [0.2, 0.25) is 0 Å². The number of nitrogens with zero attached hydrogens (tertiary/aromatic N) is 4. The number of hydrogen-bond acceptors (Lipinski definition) is 6. The Morgan fingerprint density at radius 3 is 2.83 bits per heavy atom. The van der Waals surface area contributed by atoms with Crippen LogP contribution in [-0.2, 0) is 6.54 Å². The Bertz CT molecular complexity index is 851. The molecule has 1 N–H and O–H groups in total. The van der Waals surface area contributed by atoms with E-state index in [0.717, 1.165) is 34.4 Å². The van der Waals surface area contributed by atoms with Gasteiger partial charge in [0.25, 0.3) is 5.91 Å². The van der Waals surface area contributed by atoms with E-state index in [1.807, 2.05) is 0 Å². The van der Waals surface area contributed by atoms with Crippen LogP contribution >= 0.6 is 11.3 Å². The number of nitrogens with one attached hydrogen (secondary N) is 1. The lowest BCUT2D eigenvalue weighted by Gasteiger charge is -2.04. The van der Waals surface area contributed by atoms with Crippen molar-refractivity contribution in [1.82, 2.24) is 25.1 Å². The molecule has 7 nitrogen and oxygen atoms in total. The summed E-state index contributed by atoms with van der Waals surface area (Å²) < 4.78 is 6.89. The van der Waals surface area contributed by atoms with E-state index in [2.05, 4.69) is 20.6 Å². The van der Waals surface area contributed by atoms with Crippen LogP contribution in [0.3, 0.4) is 0 Å². The summed E-state index contributed by atoms with van der Waals surface area (Å²) >= 11 is 1.45. The summed E-state index contributed by atoms with van der Waals surface area (Å²) in [6.07, 6.45) is 2.31. The molecule has 0 saturated heterocycles. The Balaban J connectivity index is 1.44. The van der Waals surface area contributed by atoms with Crippen LogP contribution in [-0.4, -0.2) is 32.8 Å². The van der Waals surface area contributed by atoms with Gasteiger partial charge in [0.1, 0.15) is 10.8 Å². The minimum Gasteiger partial charge on any atom is -0.497 e. The van der Waals surface area contributed by atoms with Crippen molar-refractivity contribution in [1.29, 1.82) is 0 Å². The van der Waals surface area contributed by atoms with E-state index in [4.69, 9.17) is 4.74 Å².